The van der Waals surface area contributed by atoms with E-state index in [0.29, 0.717) is 26.1 Å². The number of fused-ring (bicyclic) bond motifs is 1. The number of hydrogen-bond acceptors (Lipinski definition) is 5. The average molecular weight is 668 g/mol. The van der Waals surface area contributed by atoms with Crippen LogP contribution in [0.15, 0.2) is 107 Å². The van der Waals surface area contributed by atoms with E-state index in [4.69, 9.17) is 4.74 Å². The number of halogens is 4. The van der Waals surface area contributed by atoms with E-state index in [0.717, 1.165) is 16.8 Å². The van der Waals surface area contributed by atoms with Crippen molar-refractivity contribution in [2.45, 2.75) is 6.18 Å². The van der Waals surface area contributed by atoms with Crippen molar-refractivity contribution in [3.8, 4) is 17.1 Å². The summed E-state index contributed by atoms with van der Waals surface area (Å²) in [4.78, 5) is 30.0. The zero-order valence-electron chi connectivity index (χ0n) is 21.1. The lowest BCUT2D eigenvalue weighted by Crippen LogP contribution is -2.20. The van der Waals surface area contributed by atoms with Gasteiger partial charge in [0, 0.05) is 11.3 Å². The molecule has 4 aromatic carbocycles. The van der Waals surface area contributed by atoms with Gasteiger partial charge in [-0.15, -0.1) is 0 Å². The van der Waals surface area contributed by atoms with Gasteiger partial charge in [0.15, 0.2) is 12.4 Å². The maximum Gasteiger partial charge on any atom is 0.416 e. The van der Waals surface area contributed by atoms with Gasteiger partial charge in [-0.3, -0.25) is 9.59 Å². The van der Waals surface area contributed by atoms with E-state index >= 15 is 0 Å². The van der Waals surface area contributed by atoms with E-state index in [1.807, 2.05) is 18.2 Å². The molecule has 206 valence electrons. The fourth-order valence-corrected chi connectivity index (χ4v) is 4.65. The van der Waals surface area contributed by atoms with Gasteiger partial charge >= 0.3 is 6.18 Å². The number of rotatable bonds is 7. The molecule has 5 aromatic rings. The monoisotopic (exact) mass is 668 g/mol. The van der Waals surface area contributed by atoms with Crippen LogP contribution in [0, 0.1) is 3.57 Å². The summed E-state index contributed by atoms with van der Waals surface area (Å²) in [5.74, 6) is 0.123. The van der Waals surface area contributed by atoms with Gasteiger partial charge in [-0.05, 0) is 82.8 Å². The normalized spacial score (nSPS) is 11.6. The van der Waals surface area contributed by atoms with Gasteiger partial charge in [0.2, 0.25) is 0 Å². The summed E-state index contributed by atoms with van der Waals surface area (Å²) < 4.78 is 47.5. The van der Waals surface area contributed by atoms with Gasteiger partial charge in [-0.2, -0.15) is 22.9 Å². The lowest BCUT2D eigenvalue weighted by atomic mass is 10.1. The number of amides is 1. The van der Waals surface area contributed by atoms with Crippen molar-refractivity contribution in [1.29, 1.82) is 0 Å². The Labute approximate surface area is 245 Å². The lowest BCUT2D eigenvalue weighted by molar-refractivity contribution is -0.137. The molecule has 0 radical (unpaired) electrons. The topological polar surface area (TPSA) is 85.6 Å². The van der Waals surface area contributed by atoms with Gasteiger partial charge in [-0.1, -0.05) is 42.5 Å². The Bertz CT molecular complexity index is 1820. The lowest BCUT2D eigenvalue weighted by Gasteiger charge is -2.12. The second kappa shape index (κ2) is 11.9. The van der Waals surface area contributed by atoms with Crippen LogP contribution in [0.1, 0.15) is 11.1 Å². The second-order valence-electron chi connectivity index (χ2n) is 8.79. The number of carbonyl (C=O) groups excluding carboxylic acids is 1. The minimum absolute atomic E-state index is 0.0323. The van der Waals surface area contributed by atoms with Crippen molar-refractivity contribution in [1.82, 2.24) is 9.66 Å². The molecule has 1 heterocycles. The standard InChI is InChI=1S/C30H20F3IN4O3/c31-30(32,33)21-8-6-7-20(16-21)28-37-25-12-5-4-11-23(25)29(40)38(28)35-17-19-13-14-26(24(34)15-19)41-18-27(39)36-22-9-2-1-3-10-22/h1-17H,18H2,(H,36,39). The molecular weight excluding hydrogens is 648 g/mol. The Kier molecular flexibility index (Phi) is 8.15. The van der Waals surface area contributed by atoms with E-state index < -0.39 is 17.3 Å². The van der Waals surface area contributed by atoms with Crippen molar-refractivity contribution in [3.63, 3.8) is 0 Å². The summed E-state index contributed by atoms with van der Waals surface area (Å²) in [5, 5.41) is 7.33. The first-order valence-electron chi connectivity index (χ1n) is 12.2. The SMILES string of the molecule is O=C(COc1ccc(C=Nn2c(-c3cccc(C(F)(F)F)c3)nc3ccccc3c2=O)cc1I)Nc1ccccc1. The van der Waals surface area contributed by atoms with E-state index in [9.17, 15) is 22.8 Å². The van der Waals surface area contributed by atoms with Crippen LogP contribution in [-0.2, 0) is 11.0 Å². The Morgan fingerprint density at radius 2 is 1.73 bits per heavy atom. The maximum atomic E-state index is 13.4. The number of para-hydroxylation sites is 2. The van der Waals surface area contributed by atoms with Crippen molar-refractivity contribution < 1.29 is 22.7 Å². The van der Waals surface area contributed by atoms with Gasteiger partial charge < -0.3 is 10.1 Å². The first kappa shape index (κ1) is 28.0. The third-order valence-corrected chi connectivity index (χ3v) is 6.74. The Balaban J connectivity index is 1.42. The molecule has 0 unspecified atom stereocenters. The van der Waals surface area contributed by atoms with Crippen molar-refractivity contribution in [2.24, 2.45) is 5.10 Å². The van der Waals surface area contributed by atoms with E-state index in [-0.39, 0.29) is 29.3 Å². The highest BCUT2D eigenvalue weighted by atomic mass is 127. The van der Waals surface area contributed by atoms with Crippen LogP contribution in [0.5, 0.6) is 5.75 Å². The number of nitrogens with zero attached hydrogens (tertiary/aromatic N) is 3. The number of carbonyl (C=O) groups is 1. The molecule has 0 saturated carbocycles. The van der Waals surface area contributed by atoms with Crippen molar-refractivity contribution >= 4 is 51.3 Å². The van der Waals surface area contributed by atoms with E-state index in [1.165, 1.54) is 18.3 Å². The van der Waals surface area contributed by atoms with Gasteiger partial charge in [-0.25, -0.2) is 4.98 Å². The summed E-state index contributed by atoms with van der Waals surface area (Å²) in [5.41, 5.74) is 0.278. The number of ether oxygens (including phenoxy) is 1. The molecule has 0 fully saturated rings. The molecule has 0 spiro atoms. The van der Waals surface area contributed by atoms with E-state index in [2.05, 4.69) is 38.0 Å². The predicted molar refractivity (Wildman–Crippen MR) is 159 cm³/mol. The van der Waals surface area contributed by atoms with Crippen molar-refractivity contribution in [2.75, 3.05) is 11.9 Å². The van der Waals surface area contributed by atoms with Crippen LogP contribution in [0.25, 0.3) is 22.3 Å². The second-order valence-corrected chi connectivity index (χ2v) is 9.95. The number of hydrogen-bond donors (Lipinski definition) is 1. The summed E-state index contributed by atoms with van der Waals surface area (Å²) in [6, 6.07) is 25.2. The van der Waals surface area contributed by atoms with Crippen LogP contribution < -0.4 is 15.6 Å². The number of aromatic nitrogens is 2. The molecule has 7 nitrogen and oxygen atoms in total. The fraction of sp³-hybridized carbons (Fsp3) is 0.0667. The molecule has 0 aliphatic heterocycles. The van der Waals surface area contributed by atoms with Crippen LogP contribution in [0.3, 0.4) is 0 Å². The molecule has 5 rings (SSSR count). The number of benzene rings is 4. The zero-order valence-corrected chi connectivity index (χ0v) is 23.3. The third kappa shape index (κ3) is 6.62. The molecule has 0 aliphatic carbocycles. The smallest absolute Gasteiger partial charge is 0.416 e. The minimum Gasteiger partial charge on any atom is -0.483 e. The van der Waals surface area contributed by atoms with Crippen molar-refractivity contribution in [3.05, 3.63) is 122 Å². The Hall–Kier alpha value is -4.52. The highest BCUT2D eigenvalue weighted by molar-refractivity contribution is 14.1. The van der Waals surface area contributed by atoms with Crippen LogP contribution in [0.2, 0.25) is 0 Å². The van der Waals surface area contributed by atoms with Gasteiger partial charge in [0.1, 0.15) is 5.75 Å². The van der Waals surface area contributed by atoms with Gasteiger partial charge in [0.05, 0.1) is 26.3 Å². The van der Waals surface area contributed by atoms with Gasteiger partial charge in [0.25, 0.3) is 11.5 Å². The molecule has 0 aliphatic rings. The number of anilines is 1. The third-order valence-electron chi connectivity index (χ3n) is 5.90. The minimum atomic E-state index is -4.57. The number of alkyl halides is 3. The molecule has 41 heavy (non-hydrogen) atoms. The van der Waals surface area contributed by atoms with E-state index in [1.54, 1.807) is 54.6 Å². The van der Waals surface area contributed by atoms with Crippen LogP contribution in [-0.4, -0.2) is 28.4 Å². The predicted octanol–water partition coefficient (Wildman–Crippen LogP) is 6.59. The summed E-state index contributed by atoms with van der Waals surface area (Å²) in [7, 11) is 0. The van der Waals surface area contributed by atoms with Crippen LogP contribution in [0.4, 0.5) is 18.9 Å². The first-order valence-corrected chi connectivity index (χ1v) is 13.3. The molecule has 1 amide bonds. The molecule has 1 aromatic heterocycles. The fourth-order valence-electron chi connectivity index (χ4n) is 3.95. The van der Waals surface area contributed by atoms with Crippen LogP contribution >= 0.6 is 22.6 Å². The number of nitrogens with one attached hydrogen (secondary N) is 1. The molecule has 11 heteroatoms. The Morgan fingerprint density at radius 3 is 2.49 bits per heavy atom. The molecular formula is C30H20F3IN4O3. The molecule has 0 atom stereocenters. The summed E-state index contributed by atoms with van der Waals surface area (Å²) in [6.45, 7) is -0.198. The quantitative estimate of drug-likeness (QED) is 0.157. The highest BCUT2D eigenvalue weighted by Gasteiger charge is 2.31. The summed E-state index contributed by atoms with van der Waals surface area (Å²) >= 11 is 2.05. The zero-order chi connectivity index (χ0) is 29.0. The average Bonchev–Trinajstić information content (AvgIpc) is 2.96. The maximum absolute atomic E-state index is 13.4. The molecule has 1 N–H and O–H groups in total. The molecule has 0 saturated heterocycles. The Morgan fingerprint density at radius 1 is 0.976 bits per heavy atom. The summed E-state index contributed by atoms with van der Waals surface area (Å²) in [6.07, 6.45) is -3.16. The highest BCUT2D eigenvalue weighted by Crippen LogP contribution is 2.32. The molecule has 0 bridgehead atoms. The largest absolute Gasteiger partial charge is 0.483 e. The first-order chi connectivity index (χ1) is 19.7.